The van der Waals surface area contributed by atoms with Crippen molar-refractivity contribution in [3.05, 3.63) is 11.6 Å². The van der Waals surface area contributed by atoms with Gasteiger partial charge in [-0.3, -0.25) is 0 Å². The summed E-state index contributed by atoms with van der Waals surface area (Å²) in [6, 6.07) is 0. The molecule has 0 spiro atoms. The van der Waals surface area contributed by atoms with Gasteiger partial charge in [0, 0.05) is 19.6 Å². The van der Waals surface area contributed by atoms with Crippen LogP contribution in [-0.4, -0.2) is 49.8 Å². The minimum Gasteiger partial charge on any atom is -0.464 e. The number of esters is 1. The Morgan fingerprint density at radius 1 is 1.30 bits per heavy atom. The molecule has 0 radical (unpaired) electrons. The monoisotopic (exact) mass is 329 g/mol. The summed E-state index contributed by atoms with van der Waals surface area (Å²) >= 11 is 0. The Morgan fingerprint density at radius 3 is 2.57 bits per heavy atom. The predicted octanol–water partition coefficient (Wildman–Crippen LogP) is 2.15. The molecule has 1 heterocycles. The number of nitrogens with one attached hydrogen (secondary N) is 1. The van der Waals surface area contributed by atoms with E-state index in [4.69, 9.17) is 18.9 Å². The molecular formula is C16H27NO6. The van der Waals surface area contributed by atoms with Crippen LogP contribution in [0.25, 0.3) is 0 Å². The third-order valence-electron chi connectivity index (χ3n) is 2.86. The van der Waals surface area contributed by atoms with Crippen molar-refractivity contribution < 1.29 is 28.5 Å². The number of rotatable bonds is 6. The van der Waals surface area contributed by atoms with Gasteiger partial charge in [-0.25, -0.2) is 9.59 Å². The van der Waals surface area contributed by atoms with E-state index < -0.39 is 30.1 Å². The lowest BCUT2D eigenvalue weighted by atomic mass is 10.0. The fraction of sp³-hybridized carbons (Fsp3) is 0.750. The SMILES string of the molecule is CCOC(=O)[C@@H]1CC(CNC(=O)OC(C)(C)C)=C[C@@H](OCC)O1. The van der Waals surface area contributed by atoms with Crippen molar-refractivity contribution in [1.82, 2.24) is 5.32 Å². The van der Waals surface area contributed by atoms with Crippen LogP contribution in [0.4, 0.5) is 4.79 Å². The minimum absolute atomic E-state index is 0.262. The first-order chi connectivity index (χ1) is 10.7. The summed E-state index contributed by atoms with van der Waals surface area (Å²) in [5.74, 6) is -0.430. The zero-order chi connectivity index (χ0) is 17.5. The molecule has 1 aliphatic rings. The third kappa shape index (κ3) is 7.47. The lowest BCUT2D eigenvalue weighted by molar-refractivity contribution is -0.183. The zero-order valence-electron chi connectivity index (χ0n) is 14.5. The van der Waals surface area contributed by atoms with E-state index >= 15 is 0 Å². The van der Waals surface area contributed by atoms with E-state index in [1.54, 1.807) is 33.8 Å². The highest BCUT2D eigenvalue weighted by atomic mass is 16.7. The highest BCUT2D eigenvalue weighted by Gasteiger charge is 2.30. The lowest BCUT2D eigenvalue weighted by Crippen LogP contribution is -2.39. The van der Waals surface area contributed by atoms with Crippen LogP contribution in [0.5, 0.6) is 0 Å². The summed E-state index contributed by atoms with van der Waals surface area (Å²) < 4.78 is 21.1. The molecule has 0 aliphatic carbocycles. The van der Waals surface area contributed by atoms with E-state index in [-0.39, 0.29) is 13.2 Å². The average molecular weight is 329 g/mol. The Bertz CT molecular complexity index is 440. The number of hydrogen-bond donors (Lipinski definition) is 1. The van der Waals surface area contributed by atoms with Gasteiger partial charge in [-0.1, -0.05) is 0 Å². The van der Waals surface area contributed by atoms with Crippen LogP contribution in [0.3, 0.4) is 0 Å². The van der Waals surface area contributed by atoms with Crippen molar-refractivity contribution in [3.8, 4) is 0 Å². The molecule has 0 aromatic rings. The maximum absolute atomic E-state index is 11.9. The number of ether oxygens (including phenoxy) is 4. The Balaban J connectivity index is 2.63. The van der Waals surface area contributed by atoms with Crippen LogP contribution in [0.15, 0.2) is 11.6 Å². The molecule has 7 heteroatoms. The van der Waals surface area contributed by atoms with E-state index in [2.05, 4.69) is 5.32 Å². The van der Waals surface area contributed by atoms with Crippen LogP contribution in [0.2, 0.25) is 0 Å². The first-order valence-corrected chi connectivity index (χ1v) is 7.85. The predicted molar refractivity (Wildman–Crippen MR) is 83.9 cm³/mol. The quantitative estimate of drug-likeness (QED) is 0.594. The van der Waals surface area contributed by atoms with Crippen molar-refractivity contribution >= 4 is 12.1 Å². The first kappa shape index (κ1) is 19.4. The summed E-state index contributed by atoms with van der Waals surface area (Å²) in [4.78, 5) is 23.6. The summed E-state index contributed by atoms with van der Waals surface area (Å²) in [7, 11) is 0. The first-order valence-electron chi connectivity index (χ1n) is 7.85. The van der Waals surface area contributed by atoms with Crippen LogP contribution < -0.4 is 5.32 Å². The molecule has 0 aromatic heterocycles. The topological polar surface area (TPSA) is 83.1 Å². The summed E-state index contributed by atoms with van der Waals surface area (Å²) in [5, 5.41) is 2.67. The smallest absolute Gasteiger partial charge is 0.407 e. The van der Waals surface area contributed by atoms with Crippen molar-refractivity contribution in [2.24, 2.45) is 0 Å². The largest absolute Gasteiger partial charge is 0.464 e. The van der Waals surface area contributed by atoms with Gasteiger partial charge in [0.1, 0.15) is 5.60 Å². The third-order valence-corrected chi connectivity index (χ3v) is 2.86. The lowest BCUT2D eigenvalue weighted by Gasteiger charge is -2.28. The Hall–Kier alpha value is -1.60. The molecule has 2 atom stereocenters. The van der Waals surface area contributed by atoms with Crippen molar-refractivity contribution in [3.63, 3.8) is 0 Å². The van der Waals surface area contributed by atoms with E-state index in [9.17, 15) is 9.59 Å². The highest BCUT2D eigenvalue weighted by molar-refractivity contribution is 5.75. The summed E-state index contributed by atoms with van der Waals surface area (Å²) in [6.07, 6.45) is 0.241. The maximum atomic E-state index is 11.9. The van der Waals surface area contributed by atoms with E-state index in [0.717, 1.165) is 5.57 Å². The fourth-order valence-electron chi connectivity index (χ4n) is 2.00. The average Bonchev–Trinajstić information content (AvgIpc) is 2.44. The van der Waals surface area contributed by atoms with Crippen LogP contribution in [0.1, 0.15) is 41.0 Å². The molecule has 0 fully saturated rings. The Labute approximate surface area is 137 Å². The second-order valence-electron chi connectivity index (χ2n) is 6.08. The van der Waals surface area contributed by atoms with Crippen molar-refractivity contribution in [2.45, 2.75) is 59.0 Å². The zero-order valence-corrected chi connectivity index (χ0v) is 14.5. The molecule has 23 heavy (non-hydrogen) atoms. The van der Waals surface area contributed by atoms with Gasteiger partial charge in [-0.2, -0.15) is 0 Å². The molecular weight excluding hydrogens is 302 g/mol. The molecule has 1 amide bonds. The maximum Gasteiger partial charge on any atom is 0.407 e. The second kappa shape index (κ2) is 8.88. The summed E-state index contributed by atoms with van der Waals surface area (Å²) in [6.45, 7) is 9.95. The molecule has 132 valence electrons. The fourth-order valence-corrected chi connectivity index (χ4v) is 2.00. The van der Waals surface area contributed by atoms with Crippen molar-refractivity contribution in [1.29, 1.82) is 0 Å². The van der Waals surface area contributed by atoms with Gasteiger partial charge >= 0.3 is 12.1 Å². The van der Waals surface area contributed by atoms with Crippen LogP contribution >= 0.6 is 0 Å². The van der Waals surface area contributed by atoms with Gasteiger partial charge in [0.2, 0.25) is 0 Å². The normalized spacial score (nSPS) is 21.3. The molecule has 7 nitrogen and oxygen atoms in total. The number of alkyl carbamates (subject to hydrolysis) is 1. The molecule has 0 bridgehead atoms. The van der Waals surface area contributed by atoms with E-state index in [1.807, 2.05) is 6.92 Å². The van der Waals surface area contributed by atoms with Gasteiger partial charge in [-0.05, 0) is 46.3 Å². The number of hydrogen-bond acceptors (Lipinski definition) is 6. The molecule has 1 N–H and O–H groups in total. The van der Waals surface area contributed by atoms with Gasteiger partial charge in [-0.15, -0.1) is 0 Å². The number of carbonyl (C=O) groups is 2. The van der Waals surface area contributed by atoms with Crippen LogP contribution in [-0.2, 0) is 23.7 Å². The number of carbonyl (C=O) groups excluding carboxylic acids is 2. The van der Waals surface area contributed by atoms with Gasteiger partial charge in [0.25, 0.3) is 0 Å². The molecule has 0 saturated carbocycles. The van der Waals surface area contributed by atoms with Gasteiger partial charge in [0.15, 0.2) is 12.4 Å². The Morgan fingerprint density at radius 2 is 2.00 bits per heavy atom. The summed E-state index contributed by atoms with van der Waals surface area (Å²) in [5.41, 5.74) is 0.272. The molecule has 0 unspecified atom stereocenters. The van der Waals surface area contributed by atoms with Crippen LogP contribution in [0, 0.1) is 0 Å². The Kier molecular flexibility index (Phi) is 7.51. The minimum atomic E-state index is -0.730. The molecule has 1 rings (SSSR count). The van der Waals surface area contributed by atoms with E-state index in [1.165, 1.54) is 0 Å². The van der Waals surface area contributed by atoms with Crippen molar-refractivity contribution in [2.75, 3.05) is 19.8 Å². The standard InChI is InChI=1S/C16H27NO6/c1-6-20-13-9-11(8-12(22-13)14(18)21-7-2)10-17-15(19)23-16(3,4)5/h9,12-13H,6-8,10H2,1-5H3,(H,17,19)/t12-,13-/m0/s1. The second-order valence-corrected chi connectivity index (χ2v) is 6.08. The molecule has 0 aromatic carbocycles. The van der Waals surface area contributed by atoms with Gasteiger partial charge in [0.05, 0.1) is 6.61 Å². The van der Waals surface area contributed by atoms with Gasteiger partial charge < -0.3 is 24.3 Å². The highest BCUT2D eigenvalue weighted by Crippen LogP contribution is 2.21. The number of amides is 1. The van der Waals surface area contributed by atoms with E-state index in [0.29, 0.717) is 13.0 Å². The molecule has 1 aliphatic heterocycles. The molecule has 0 saturated heterocycles.